The Hall–Kier alpha value is -0.570. The first-order valence-corrected chi connectivity index (χ1v) is 6.83. The van der Waals surface area contributed by atoms with Gasteiger partial charge in [0, 0.05) is 30.2 Å². The quantitative estimate of drug-likeness (QED) is 0.895. The van der Waals surface area contributed by atoms with Gasteiger partial charge in [0.25, 0.3) is 0 Å². The minimum atomic E-state index is 0.397. The number of hydrogen-bond donors (Lipinski definition) is 1. The van der Waals surface area contributed by atoms with Crippen molar-refractivity contribution in [2.24, 2.45) is 5.73 Å². The van der Waals surface area contributed by atoms with Crippen molar-refractivity contribution in [2.45, 2.75) is 38.3 Å². The molecule has 1 aliphatic rings. The molecule has 2 nitrogen and oxygen atoms in total. The highest BCUT2D eigenvalue weighted by molar-refractivity contribution is 6.30. The third-order valence-corrected chi connectivity index (χ3v) is 3.91. The number of benzene rings is 1. The Bertz CT molecular complexity index is 342. The summed E-state index contributed by atoms with van der Waals surface area (Å²) < 4.78 is 0. The fraction of sp³-hybridized carbons (Fsp3) is 0.571. The van der Waals surface area contributed by atoms with Gasteiger partial charge in [0.15, 0.2) is 0 Å². The Morgan fingerprint density at radius 2 is 1.88 bits per heavy atom. The second kappa shape index (κ2) is 5.85. The fourth-order valence-electron chi connectivity index (χ4n) is 2.62. The minimum Gasteiger partial charge on any atom is -0.328 e. The van der Waals surface area contributed by atoms with E-state index in [0.29, 0.717) is 12.1 Å². The van der Waals surface area contributed by atoms with E-state index in [2.05, 4.69) is 24.0 Å². The molecule has 1 fully saturated rings. The zero-order chi connectivity index (χ0) is 12.3. The molecule has 0 saturated carbocycles. The smallest absolute Gasteiger partial charge is 0.0406 e. The number of piperidine rings is 1. The first kappa shape index (κ1) is 12.9. The normalized spacial score (nSPS) is 20.4. The molecule has 0 bridgehead atoms. The van der Waals surface area contributed by atoms with Crippen LogP contribution in [0.15, 0.2) is 24.3 Å². The lowest BCUT2D eigenvalue weighted by Gasteiger charge is -2.36. The molecule has 0 aromatic heterocycles. The van der Waals surface area contributed by atoms with Gasteiger partial charge in [-0.3, -0.25) is 4.90 Å². The summed E-state index contributed by atoms with van der Waals surface area (Å²) in [5.41, 5.74) is 7.32. The highest BCUT2D eigenvalue weighted by atomic mass is 35.5. The van der Waals surface area contributed by atoms with Gasteiger partial charge in [-0.05, 0) is 37.0 Å². The molecule has 1 aliphatic heterocycles. The second-order valence-corrected chi connectivity index (χ2v) is 5.29. The van der Waals surface area contributed by atoms with Gasteiger partial charge in [0.1, 0.15) is 0 Å². The SMILES string of the molecule is CCC(c1ccc(Cl)cc1)N1CCC(N)CC1. The Kier molecular flexibility index (Phi) is 4.43. The molecule has 1 unspecified atom stereocenters. The highest BCUT2D eigenvalue weighted by Gasteiger charge is 2.23. The van der Waals surface area contributed by atoms with Crippen LogP contribution in [0.25, 0.3) is 0 Å². The van der Waals surface area contributed by atoms with Crippen LogP contribution in [0, 0.1) is 0 Å². The van der Waals surface area contributed by atoms with E-state index >= 15 is 0 Å². The van der Waals surface area contributed by atoms with Crippen LogP contribution in [0.3, 0.4) is 0 Å². The van der Waals surface area contributed by atoms with E-state index in [0.717, 1.165) is 37.4 Å². The molecule has 0 amide bonds. The number of nitrogens with zero attached hydrogens (tertiary/aromatic N) is 1. The maximum Gasteiger partial charge on any atom is 0.0406 e. The maximum atomic E-state index is 5.95. The van der Waals surface area contributed by atoms with Crippen molar-refractivity contribution in [3.8, 4) is 0 Å². The van der Waals surface area contributed by atoms with Crippen molar-refractivity contribution in [1.29, 1.82) is 0 Å². The summed E-state index contributed by atoms with van der Waals surface area (Å²) in [4.78, 5) is 2.55. The Balaban J connectivity index is 2.08. The summed E-state index contributed by atoms with van der Waals surface area (Å²) in [6.45, 7) is 4.47. The molecule has 3 heteroatoms. The van der Waals surface area contributed by atoms with E-state index < -0.39 is 0 Å². The van der Waals surface area contributed by atoms with Crippen LogP contribution in [0.1, 0.15) is 37.8 Å². The zero-order valence-electron chi connectivity index (χ0n) is 10.4. The molecule has 0 spiro atoms. The maximum absolute atomic E-state index is 5.95. The standard InChI is InChI=1S/C14H21ClN2/c1-2-14(11-3-5-12(15)6-4-11)17-9-7-13(16)8-10-17/h3-6,13-14H,2,7-10,16H2,1H3. The van der Waals surface area contributed by atoms with Gasteiger partial charge < -0.3 is 5.73 Å². The summed E-state index contributed by atoms with van der Waals surface area (Å²) in [6, 6.07) is 9.16. The molecule has 2 rings (SSSR count). The van der Waals surface area contributed by atoms with E-state index in [1.807, 2.05) is 12.1 Å². The summed E-state index contributed by atoms with van der Waals surface area (Å²) in [5, 5.41) is 0.810. The zero-order valence-corrected chi connectivity index (χ0v) is 11.2. The van der Waals surface area contributed by atoms with E-state index in [1.54, 1.807) is 0 Å². The lowest BCUT2D eigenvalue weighted by Crippen LogP contribution is -2.41. The van der Waals surface area contributed by atoms with Crippen LogP contribution in [0.5, 0.6) is 0 Å². The summed E-state index contributed by atoms with van der Waals surface area (Å²) in [5.74, 6) is 0. The third-order valence-electron chi connectivity index (χ3n) is 3.66. The number of hydrogen-bond acceptors (Lipinski definition) is 2. The number of rotatable bonds is 3. The van der Waals surface area contributed by atoms with E-state index in [4.69, 9.17) is 17.3 Å². The molecule has 94 valence electrons. The van der Waals surface area contributed by atoms with Crippen LogP contribution >= 0.6 is 11.6 Å². The first-order valence-electron chi connectivity index (χ1n) is 6.45. The van der Waals surface area contributed by atoms with Gasteiger partial charge in [-0.25, -0.2) is 0 Å². The first-order chi connectivity index (χ1) is 8.20. The molecule has 1 aromatic carbocycles. The molecule has 1 atom stereocenters. The lowest BCUT2D eigenvalue weighted by atomic mass is 9.98. The minimum absolute atomic E-state index is 0.397. The van der Waals surface area contributed by atoms with Gasteiger partial charge in [0.05, 0.1) is 0 Å². The molecule has 1 saturated heterocycles. The Morgan fingerprint density at radius 3 is 2.41 bits per heavy atom. The van der Waals surface area contributed by atoms with Crippen LogP contribution in [0.2, 0.25) is 5.02 Å². The molecule has 2 N–H and O–H groups in total. The second-order valence-electron chi connectivity index (χ2n) is 4.85. The van der Waals surface area contributed by atoms with Crippen molar-refractivity contribution in [3.63, 3.8) is 0 Å². The number of halogens is 1. The van der Waals surface area contributed by atoms with Gasteiger partial charge >= 0.3 is 0 Å². The molecule has 0 radical (unpaired) electrons. The number of nitrogens with two attached hydrogens (primary N) is 1. The van der Waals surface area contributed by atoms with Crippen LogP contribution in [-0.2, 0) is 0 Å². The average Bonchev–Trinajstić information content (AvgIpc) is 2.35. The molecule has 0 aliphatic carbocycles. The van der Waals surface area contributed by atoms with E-state index in [-0.39, 0.29) is 0 Å². The summed E-state index contributed by atoms with van der Waals surface area (Å²) in [7, 11) is 0. The van der Waals surface area contributed by atoms with Gasteiger partial charge in [-0.15, -0.1) is 0 Å². The molecule has 17 heavy (non-hydrogen) atoms. The largest absolute Gasteiger partial charge is 0.328 e. The molecular weight excluding hydrogens is 232 g/mol. The van der Waals surface area contributed by atoms with E-state index in [1.165, 1.54) is 5.56 Å². The predicted octanol–water partition coefficient (Wildman–Crippen LogP) is 3.21. The molecule has 1 aromatic rings. The van der Waals surface area contributed by atoms with Gasteiger partial charge in [-0.2, -0.15) is 0 Å². The molecule has 1 heterocycles. The fourth-order valence-corrected chi connectivity index (χ4v) is 2.75. The average molecular weight is 253 g/mol. The van der Waals surface area contributed by atoms with Crippen molar-refractivity contribution < 1.29 is 0 Å². The summed E-state index contributed by atoms with van der Waals surface area (Å²) >= 11 is 5.93. The summed E-state index contributed by atoms with van der Waals surface area (Å²) in [6.07, 6.45) is 3.37. The third kappa shape index (κ3) is 3.21. The van der Waals surface area contributed by atoms with Crippen molar-refractivity contribution in [3.05, 3.63) is 34.9 Å². The lowest BCUT2D eigenvalue weighted by molar-refractivity contribution is 0.149. The van der Waals surface area contributed by atoms with E-state index in [9.17, 15) is 0 Å². The Labute approximate surface area is 109 Å². The van der Waals surface area contributed by atoms with Crippen molar-refractivity contribution in [1.82, 2.24) is 4.90 Å². The van der Waals surface area contributed by atoms with Crippen molar-refractivity contribution in [2.75, 3.05) is 13.1 Å². The van der Waals surface area contributed by atoms with Gasteiger partial charge in [-0.1, -0.05) is 30.7 Å². The van der Waals surface area contributed by atoms with Crippen LogP contribution in [-0.4, -0.2) is 24.0 Å². The van der Waals surface area contributed by atoms with Crippen LogP contribution in [0.4, 0.5) is 0 Å². The predicted molar refractivity (Wildman–Crippen MR) is 73.3 cm³/mol. The topological polar surface area (TPSA) is 29.3 Å². The Morgan fingerprint density at radius 1 is 1.29 bits per heavy atom. The highest BCUT2D eigenvalue weighted by Crippen LogP contribution is 2.27. The van der Waals surface area contributed by atoms with Crippen molar-refractivity contribution >= 4 is 11.6 Å². The van der Waals surface area contributed by atoms with Crippen LogP contribution < -0.4 is 5.73 Å². The van der Waals surface area contributed by atoms with Gasteiger partial charge in [0.2, 0.25) is 0 Å². The number of likely N-dealkylation sites (tertiary alicyclic amines) is 1. The molecular formula is C14H21ClN2. The monoisotopic (exact) mass is 252 g/mol.